The number of methoxy groups -OCH3 is 1. The minimum Gasteiger partial charge on any atom is -0.465 e. The van der Waals surface area contributed by atoms with Gasteiger partial charge in [0.05, 0.1) is 12.7 Å². The van der Waals surface area contributed by atoms with E-state index < -0.39 is 5.97 Å². The molecule has 1 aliphatic rings. The van der Waals surface area contributed by atoms with E-state index in [0.717, 1.165) is 29.5 Å². The summed E-state index contributed by atoms with van der Waals surface area (Å²) in [6.07, 6.45) is 6.86. The lowest BCUT2D eigenvalue weighted by atomic mass is 10.0. The van der Waals surface area contributed by atoms with Gasteiger partial charge in [-0.2, -0.15) is 0 Å². The molecule has 4 rings (SSSR count). The van der Waals surface area contributed by atoms with Crippen molar-refractivity contribution in [3.05, 3.63) is 113 Å². The lowest BCUT2D eigenvalue weighted by Crippen LogP contribution is -2.26. The van der Waals surface area contributed by atoms with Crippen molar-refractivity contribution < 1.29 is 23.5 Å². The smallest absolute Gasteiger partial charge is 0.337 e. The quantitative estimate of drug-likeness (QED) is 0.253. The first kappa shape index (κ1) is 25.6. The molecule has 2 N–H and O–H groups in total. The minimum absolute atomic E-state index is 0.185. The maximum atomic E-state index is 13.4. The summed E-state index contributed by atoms with van der Waals surface area (Å²) in [6, 6.07) is 20.3. The Morgan fingerprint density at radius 2 is 1.51 bits per heavy atom. The first-order valence-corrected chi connectivity index (χ1v) is 11.9. The summed E-state index contributed by atoms with van der Waals surface area (Å²) in [5.41, 5.74) is 4.04. The van der Waals surface area contributed by atoms with E-state index in [1.807, 2.05) is 24.3 Å². The number of carbonyl (C=O) groups excluding carboxylic acids is 3. The molecule has 7 heteroatoms. The van der Waals surface area contributed by atoms with Crippen molar-refractivity contribution >= 4 is 35.5 Å². The number of rotatable bonds is 9. The van der Waals surface area contributed by atoms with Crippen LogP contribution in [0, 0.1) is 5.82 Å². The Labute approximate surface area is 214 Å². The van der Waals surface area contributed by atoms with Gasteiger partial charge in [0.2, 0.25) is 5.91 Å². The Morgan fingerprint density at radius 3 is 2.14 bits per heavy atom. The fourth-order valence-corrected chi connectivity index (χ4v) is 3.57. The fourth-order valence-electron chi connectivity index (χ4n) is 3.57. The van der Waals surface area contributed by atoms with Gasteiger partial charge in [0.25, 0.3) is 5.91 Å². The number of nitrogens with one attached hydrogen (secondary N) is 2. The molecule has 3 aromatic rings. The molecule has 0 aliphatic heterocycles. The summed E-state index contributed by atoms with van der Waals surface area (Å²) in [5.74, 6) is -1.21. The van der Waals surface area contributed by atoms with Gasteiger partial charge in [0.1, 0.15) is 5.82 Å². The average molecular weight is 499 g/mol. The Bertz CT molecular complexity index is 1320. The van der Waals surface area contributed by atoms with Crippen molar-refractivity contribution in [3.8, 4) is 0 Å². The van der Waals surface area contributed by atoms with E-state index in [9.17, 15) is 18.8 Å². The van der Waals surface area contributed by atoms with E-state index in [0.29, 0.717) is 23.2 Å². The van der Waals surface area contributed by atoms with Crippen LogP contribution in [-0.4, -0.2) is 30.9 Å². The first-order chi connectivity index (χ1) is 17.9. The second-order valence-electron chi connectivity index (χ2n) is 8.72. The number of benzene rings is 3. The van der Waals surface area contributed by atoms with Crippen LogP contribution in [0.25, 0.3) is 17.7 Å². The van der Waals surface area contributed by atoms with Gasteiger partial charge in [-0.1, -0.05) is 48.5 Å². The van der Waals surface area contributed by atoms with E-state index in [1.54, 1.807) is 48.6 Å². The van der Waals surface area contributed by atoms with E-state index in [-0.39, 0.29) is 23.7 Å². The molecule has 6 nitrogen and oxygen atoms in total. The third-order valence-corrected chi connectivity index (χ3v) is 5.83. The summed E-state index contributed by atoms with van der Waals surface area (Å²) in [6.45, 7) is 0.323. The first-order valence-electron chi connectivity index (χ1n) is 11.9. The monoisotopic (exact) mass is 498 g/mol. The third kappa shape index (κ3) is 7.48. The van der Waals surface area contributed by atoms with Gasteiger partial charge >= 0.3 is 5.97 Å². The zero-order valence-electron chi connectivity index (χ0n) is 20.4. The molecule has 0 heterocycles. The molecule has 1 fully saturated rings. The van der Waals surface area contributed by atoms with Gasteiger partial charge in [0.15, 0.2) is 0 Å². The number of hydrogen-bond donors (Lipinski definition) is 2. The van der Waals surface area contributed by atoms with Crippen molar-refractivity contribution in [1.29, 1.82) is 0 Å². The molecule has 0 aromatic heterocycles. The van der Waals surface area contributed by atoms with Gasteiger partial charge in [-0.15, -0.1) is 0 Å². The highest BCUT2D eigenvalue weighted by Crippen LogP contribution is 2.24. The fraction of sp³-hybridized carbons (Fsp3) is 0.167. The Kier molecular flexibility index (Phi) is 8.26. The van der Waals surface area contributed by atoms with Crippen LogP contribution in [0.5, 0.6) is 0 Å². The van der Waals surface area contributed by atoms with E-state index in [2.05, 4.69) is 15.4 Å². The molecule has 1 aliphatic carbocycles. The van der Waals surface area contributed by atoms with Gasteiger partial charge in [0, 0.05) is 24.2 Å². The number of carbonyl (C=O) groups is 3. The normalized spacial score (nSPS) is 13.3. The molecule has 0 bridgehead atoms. The standard InChI is InChI=1S/C30H27FN2O4/c1-37-30(36)24-9-6-22(7-10-24)19-32-28(34)17-8-20-2-4-21(5-3-20)18-27(29(35)33-26-15-16-26)23-11-13-25(31)14-12-23/h2-14,17-18,26H,15-16,19H2,1H3,(H,32,34)(H,33,35)/b17-8?,27-18+. The third-order valence-electron chi connectivity index (χ3n) is 5.83. The molecule has 3 aromatic carbocycles. The number of esters is 1. The van der Waals surface area contributed by atoms with E-state index in [4.69, 9.17) is 0 Å². The SMILES string of the molecule is COC(=O)c1ccc(CNC(=O)C=Cc2ccc(/C=C(/C(=O)NC3CC3)c3ccc(F)cc3)cc2)cc1. The van der Waals surface area contributed by atoms with Crippen molar-refractivity contribution in [1.82, 2.24) is 10.6 Å². The predicted molar refractivity (Wildman–Crippen MR) is 141 cm³/mol. The van der Waals surface area contributed by atoms with Crippen molar-refractivity contribution in [2.75, 3.05) is 7.11 Å². The average Bonchev–Trinajstić information content (AvgIpc) is 3.74. The molecule has 1 saturated carbocycles. The van der Waals surface area contributed by atoms with Gasteiger partial charge in [-0.3, -0.25) is 9.59 Å². The van der Waals surface area contributed by atoms with Crippen LogP contribution in [0.1, 0.15) is 45.5 Å². The van der Waals surface area contributed by atoms with Crippen LogP contribution in [-0.2, 0) is 20.9 Å². The van der Waals surface area contributed by atoms with Crippen molar-refractivity contribution in [2.24, 2.45) is 0 Å². The highest BCUT2D eigenvalue weighted by molar-refractivity contribution is 6.24. The highest BCUT2D eigenvalue weighted by atomic mass is 19.1. The van der Waals surface area contributed by atoms with Crippen molar-refractivity contribution in [3.63, 3.8) is 0 Å². The number of halogens is 1. The second kappa shape index (κ2) is 11.9. The van der Waals surface area contributed by atoms with Crippen molar-refractivity contribution in [2.45, 2.75) is 25.4 Å². The highest BCUT2D eigenvalue weighted by Gasteiger charge is 2.25. The number of amides is 2. The maximum absolute atomic E-state index is 13.4. The molecule has 0 unspecified atom stereocenters. The topological polar surface area (TPSA) is 84.5 Å². The van der Waals surface area contributed by atoms with Gasteiger partial charge in [-0.25, -0.2) is 9.18 Å². The molecule has 0 saturated heterocycles. The Morgan fingerprint density at radius 1 is 0.892 bits per heavy atom. The lowest BCUT2D eigenvalue weighted by Gasteiger charge is -2.09. The Hall–Kier alpha value is -4.52. The van der Waals surface area contributed by atoms with Crippen LogP contribution in [0.4, 0.5) is 4.39 Å². The minimum atomic E-state index is -0.409. The molecular formula is C30H27FN2O4. The largest absolute Gasteiger partial charge is 0.465 e. The number of hydrogen-bond acceptors (Lipinski definition) is 4. The molecule has 188 valence electrons. The second-order valence-corrected chi connectivity index (χ2v) is 8.72. The zero-order chi connectivity index (χ0) is 26.2. The van der Waals surface area contributed by atoms with Gasteiger partial charge < -0.3 is 15.4 Å². The molecule has 0 radical (unpaired) electrons. The summed E-state index contributed by atoms with van der Waals surface area (Å²) >= 11 is 0. The van der Waals surface area contributed by atoms with Crippen LogP contribution in [0.2, 0.25) is 0 Å². The van der Waals surface area contributed by atoms with Crippen LogP contribution in [0.15, 0.2) is 78.9 Å². The summed E-state index contributed by atoms with van der Waals surface area (Å²) < 4.78 is 18.1. The van der Waals surface area contributed by atoms with Crippen LogP contribution >= 0.6 is 0 Å². The molecular weight excluding hydrogens is 471 g/mol. The molecule has 0 spiro atoms. The molecule has 37 heavy (non-hydrogen) atoms. The Balaban J connectivity index is 1.37. The zero-order valence-corrected chi connectivity index (χ0v) is 20.4. The summed E-state index contributed by atoms with van der Waals surface area (Å²) in [4.78, 5) is 36.5. The lowest BCUT2D eigenvalue weighted by molar-refractivity contribution is -0.117. The van der Waals surface area contributed by atoms with Crippen LogP contribution in [0.3, 0.4) is 0 Å². The van der Waals surface area contributed by atoms with Crippen LogP contribution < -0.4 is 10.6 Å². The van der Waals surface area contributed by atoms with E-state index >= 15 is 0 Å². The summed E-state index contributed by atoms with van der Waals surface area (Å²) in [5, 5.41) is 5.79. The predicted octanol–water partition coefficient (Wildman–Crippen LogP) is 4.76. The molecule has 0 atom stereocenters. The van der Waals surface area contributed by atoms with Gasteiger partial charge in [-0.05, 0) is 71.5 Å². The number of ether oxygens (including phenoxy) is 1. The van der Waals surface area contributed by atoms with E-state index in [1.165, 1.54) is 25.3 Å². The maximum Gasteiger partial charge on any atom is 0.337 e. The molecule has 2 amide bonds. The summed E-state index contributed by atoms with van der Waals surface area (Å²) in [7, 11) is 1.33.